The number of nitrogens with one attached hydrogen (secondary N) is 1. The SMILES string of the molecule is COC(=O)c1cccc(C(O)c2c(-c3ccsc3)[nH]c3cc(C)c(OC)cc23)n1. The molecule has 1 atom stereocenters. The molecular weight excluding hydrogens is 388 g/mol. The van der Waals surface area contributed by atoms with Crippen LogP contribution in [0, 0.1) is 6.92 Å². The first-order valence-corrected chi connectivity index (χ1v) is 9.94. The smallest absolute Gasteiger partial charge is 0.356 e. The third kappa shape index (κ3) is 3.39. The van der Waals surface area contributed by atoms with Crippen molar-refractivity contribution < 1.29 is 19.4 Å². The second-order valence-electron chi connectivity index (χ2n) is 6.63. The molecule has 0 aliphatic carbocycles. The first-order valence-electron chi connectivity index (χ1n) is 8.99. The maximum atomic E-state index is 11.9. The lowest BCUT2D eigenvalue weighted by Gasteiger charge is -2.13. The van der Waals surface area contributed by atoms with Crippen LogP contribution in [0.2, 0.25) is 0 Å². The Hall–Kier alpha value is -3.16. The monoisotopic (exact) mass is 408 g/mol. The number of esters is 1. The van der Waals surface area contributed by atoms with Crippen LogP contribution in [-0.2, 0) is 4.74 Å². The van der Waals surface area contributed by atoms with E-state index in [1.807, 2.05) is 35.9 Å². The van der Waals surface area contributed by atoms with E-state index in [1.165, 1.54) is 7.11 Å². The number of H-pyrrole nitrogens is 1. The van der Waals surface area contributed by atoms with Gasteiger partial charge in [0.1, 0.15) is 17.5 Å². The van der Waals surface area contributed by atoms with Crippen molar-refractivity contribution in [2.45, 2.75) is 13.0 Å². The molecule has 0 aliphatic rings. The summed E-state index contributed by atoms with van der Waals surface area (Å²) in [7, 11) is 2.92. The van der Waals surface area contributed by atoms with Gasteiger partial charge < -0.3 is 19.6 Å². The molecule has 4 aromatic rings. The molecule has 3 aromatic heterocycles. The Morgan fingerprint density at radius 2 is 2.07 bits per heavy atom. The zero-order chi connectivity index (χ0) is 20.5. The minimum atomic E-state index is -1.05. The normalized spacial score (nSPS) is 12.1. The van der Waals surface area contributed by atoms with E-state index < -0.39 is 12.1 Å². The van der Waals surface area contributed by atoms with E-state index in [9.17, 15) is 9.90 Å². The zero-order valence-electron chi connectivity index (χ0n) is 16.2. The maximum absolute atomic E-state index is 11.9. The van der Waals surface area contributed by atoms with Crippen LogP contribution in [0.25, 0.3) is 22.2 Å². The molecule has 0 fully saturated rings. The fraction of sp³-hybridized carbons (Fsp3) is 0.182. The number of aromatic nitrogens is 2. The highest BCUT2D eigenvalue weighted by atomic mass is 32.1. The van der Waals surface area contributed by atoms with Gasteiger partial charge in [0, 0.05) is 27.4 Å². The number of hydrogen-bond acceptors (Lipinski definition) is 6. The Morgan fingerprint density at radius 3 is 2.76 bits per heavy atom. The molecule has 0 spiro atoms. The molecule has 1 aromatic carbocycles. The van der Waals surface area contributed by atoms with Crippen LogP contribution in [0.4, 0.5) is 0 Å². The van der Waals surface area contributed by atoms with Crippen molar-refractivity contribution in [2.24, 2.45) is 0 Å². The molecule has 1 unspecified atom stereocenters. The number of rotatable bonds is 5. The Bertz CT molecular complexity index is 1180. The summed E-state index contributed by atoms with van der Waals surface area (Å²) in [4.78, 5) is 19.6. The number of fused-ring (bicyclic) bond motifs is 1. The number of carbonyl (C=O) groups excluding carboxylic acids is 1. The van der Waals surface area contributed by atoms with Crippen molar-refractivity contribution in [2.75, 3.05) is 14.2 Å². The van der Waals surface area contributed by atoms with Gasteiger partial charge in [0.2, 0.25) is 0 Å². The molecular formula is C22H20N2O4S. The fourth-order valence-corrected chi connectivity index (χ4v) is 4.11. The van der Waals surface area contributed by atoms with Crippen LogP contribution in [0.1, 0.15) is 33.4 Å². The Labute approximate surface area is 171 Å². The van der Waals surface area contributed by atoms with Crippen LogP contribution in [-0.4, -0.2) is 35.3 Å². The number of nitrogens with zero attached hydrogens (tertiary/aromatic N) is 1. The number of thiophene rings is 1. The number of benzene rings is 1. The third-order valence-electron chi connectivity index (χ3n) is 4.88. The minimum absolute atomic E-state index is 0.148. The van der Waals surface area contributed by atoms with Crippen molar-refractivity contribution in [1.82, 2.24) is 9.97 Å². The second kappa shape index (κ2) is 7.69. The van der Waals surface area contributed by atoms with E-state index in [1.54, 1.807) is 36.6 Å². The standard InChI is InChI=1S/C22H20N2O4S/c1-12-9-17-14(10-18(12)27-2)19(20(24-17)13-7-8-29-11-13)21(25)15-5-4-6-16(23-15)22(26)28-3/h4-11,21,24-25H,1-3H3. The number of aliphatic hydroxyl groups is 1. The second-order valence-corrected chi connectivity index (χ2v) is 7.41. The molecule has 4 rings (SSSR count). The number of carbonyl (C=O) groups is 1. The van der Waals surface area contributed by atoms with Gasteiger partial charge in [-0.15, -0.1) is 0 Å². The van der Waals surface area contributed by atoms with Gasteiger partial charge in [-0.1, -0.05) is 6.07 Å². The van der Waals surface area contributed by atoms with E-state index >= 15 is 0 Å². The molecule has 0 bridgehead atoms. The first kappa shape index (κ1) is 19.2. The van der Waals surface area contributed by atoms with Crippen LogP contribution in [0.5, 0.6) is 5.75 Å². The van der Waals surface area contributed by atoms with Gasteiger partial charge in [-0.25, -0.2) is 9.78 Å². The highest BCUT2D eigenvalue weighted by Crippen LogP contribution is 2.40. The van der Waals surface area contributed by atoms with Crippen LogP contribution < -0.4 is 4.74 Å². The predicted molar refractivity (Wildman–Crippen MR) is 113 cm³/mol. The van der Waals surface area contributed by atoms with Gasteiger partial charge >= 0.3 is 5.97 Å². The molecule has 0 saturated heterocycles. The van der Waals surface area contributed by atoms with Gasteiger partial charge in [0.25, 0.3) is 0 Å². The van der Waals surface area contributed by atoms with Crippen LogP contribution in [0.3, 0.4) is 0 Å². The van der Waals surface area contributed by atoms with Crippen molar-refractivity contribution in [3.05, 3.63) is 69.7 Å². The zero-order valence-corrected chi connectivity index (χ0v) is 17.0. The van der Waals surface area contributed by atoms with E-state index in [0.717, 1.165) is 33.5 Å². The van der Waals surface area contributed by atoms with E-state index in [-0.39, 0.29) is 5.69 Å². The lowest BCUT2D eigenvalue weighted by atomic mass is 9.98. The number of methoxy groups -OCH3 is 2. The van der Waals surface area contributed by atoms with Crippen molar-refractivity contribution in [1.29, 1.82) is 0 Å². The summed E-state index contributed by atoms with van der Waals surface area (Å²) in [5.74, 6) is 0.186. The number of aryl methyl sites for hydroxylation is 1. The van der Waals surface area contributed by atoms with E-state index in [4.69, 9.17) is 9.47 Å². The molecule has 0 amide bonds. The van der Waals surface area contributed by atoms with Crippen LogP contribution >= 0.6 is 11.3 Å². The minimum Gasteiger partial charge on any atom is -0.496 e. The lowest BCUT2D eigenvalue weighted by Crippen LogP contribution is -2.09. The average molecular weight is 408 g/mol. The summed E-state index contributed by atoms with van der Waals surface area (Å²) in [6, 6.07) is 10.8. The Balaban J connectivity index is 1.93. The fourth-order valence-electron chi connectivity index (χ4n) is 3.46. The predicted octanol–water partition coefficient (Wildman–Crippen LogP) is 4.48. The molecule has 0 saturated carbocycles. The molecule has 0 radical (unpaired) electrons. The van der Waals surface area contributed by atoms with E-state index in [2.05, 4.69) is 9.97 Å². The molecule has 3 heterocycles. The van der Waals surface area contributed by atoms with Gasteiger partial charge in [0.05, 0.1) is 25.6 Å². The van der Waals surface area contributed by atoms with Gasteiger partial charge in [-0.05, 0) is 48.2 Å². The molecule has 6 nitrogen and oxygen atoms in total. The Morgan fingerprint density at radius 1 is 1.24 bits per heavy atom. The molecule has 29 heavy (non-hydrogen) atoms. The first-order chi connectivity index (χ1) is 14.0. The van der Waals surface area contributed by atoms with E-state index in [0.29, 0.717) is 11.3 Å². The number of pyridine rings is 1. The van der Waals surface area contributed by atoms with Gasteiger partial charge in [0.15, 0.2) is 0 Å². The Kier molecular flexibility index (Phi) is 5.08. The number of aromatic amines is 1. The largest absolute Gasteiger partial charge is 0.496 e. The van der Waals surface area contributed by atoms with Gasteiger partial charge in [-0.2, -0.15) is 11.3 Å². The summed E-state index contributed by atoms with van der Waals surface area (Å²) in [6.45, 7) is 1.97. The highest BCUT2D eigenvalue weighted by molar-refractivity contribution is 7.08. The lowest BCUT2D eigenvalue weighted by molar-refractivity contribution is 0.0593. The number of ether oxygens (including phenoxy) is 2. The quantitative estimate of drug-likeness (QED) is 0.476. The van der Waals surface area contributed by atoms with Gasteiger partial charge in [-0.3, -0.25) is 0 Å². The van der Waals surface area contributed by atoms with Crippen LogP contribution in [0.15, 0.2) is 47.2 Å². The topological polar surface area (TPSA) is 84.4 Å². The number of hydrogen-bond donors (Lipinski definition) is 2. The summed E-state index contributed by atoms with van der Waals surface area (Å²) < 4.78 is 10.2. The van der Waals surface area contributed by atoms with Crippen molar-refractivity contribution >= 4 is 28.2 Å². The molecule has 0 aliphatic heterocycles. The van der Waals surface area contributed by atoms with Crippen molar-refractivity contribution in [3.63, 3.8) is 0 Å². The average Bonchev–Trinajstić information content (AvgIpc) is 3.39. The molecule has 148 valence electrons. The molecule has 7 heteroatoms. The summed E-state index contributed by atoms with van der Waals surface area (Å²) in [5, 5.41) is 16.1. The maximum Gasteiger partial charge on any atom is 0.356 e. The summed E-state index contributed by atoms with van der Waals surface area (Å²) >= 11 is 1.58. The summed E-state index contributed by atoms with van der Waals surface area (Å²) in [6.07, 6.45) is -1.05. The number of aliphatic hydroxyl groups excluding tert-OH is 1. The highest BCUT2D eigenvalue weighted by Gasteiger charge is 2.24. The van der Waals surface area contributed by atoms with Crippen molar-refractivity contribution in [3.8, 4) is 17.0 Å². The summed E-state index contributed by atoms with van der Waals surface area (Å²) in [5.41, 5.74) is 4.87. The third-order valence-corrected chi connectivity index (χ3v) is 5.57. The molecule has 2 N–H and O–H groups in total.